The highest BCUT2D eigenvalue weighted by Crippen LogP contribution is 2.27. The van der Waals surface area contributed by atoms with E-state index >= 15 is 0 Å². The van der Waals surface area contributed by atoms with Crippen LogP contribution in [0.25, 0.3) is 0 Å². The quantitative estimate of drug-likeness (QED) is 0.762. The van der Waals surface area contributed by atoms with Crippen molar-refractivity contribution in [1.82, 2.24) is 0 Å². The number of rotatable bonds is 3. The number of nitrogens with zero attached hydrogens (tertiary/aromatic N) is 2. The zero-order valence-corrected chi connectivity index (χ0v) is 12.0. The molecule has 1 aliphatic rings. The van der Waals surface area contributed by atoms with Gasteiger partial charge in [0.05, 0.1) is 5.71 Å². The smallest absolute Gasteiger partial charge is 0.0672 e. The zero-order valence-electron chi connectivity index (χ0n) is 12.0. The summed E-state index contributed by atoms with van der Waals surface area (Å²) in [5, 5.41) is 0. The Morgan fingerprint density at radius 1 is 1.37 bits per heavy atom. The normalized spacial score (nSPS) is 21.9. The molecule has 4 heteroatoms. The number of aliphatic imine (C=N–C) groups is 2. The van der Waals surface area contributed by atoms with Crippen molar-refractivity contribution in [2.24, 2.45) is 27.4 Å². The molecule has 0 aliphatic carbocycles. The molecular formula is C15H22N4. The van der Waals surface area contributed by atoms with Crippen LogP contribution in [0.1, 0.15) is 20.8 Å². The first-order valence-corrected chi connectivity index (χ1v) is 6.24. The molecule has 19 heavy (non-hydrogen) atoms. The first kappa shape index (κ1) is 15.0. The molecule has 0 aromatic heterocycles. The van der Waals surface area contributed by atoms with E-state index in [4.69, 9.17) is 11.5 Å². The first-order valence-electron chi connectivity index (χ1n) is 6.24. The van der Waals surface area contributed by atoms with Crippen LogP contribution in [-0.2, 0) is 0 Å². The van der Waals surface area contributed by atoms with Gasteiger partial charge in [-0.2, -0.15) is 0 Å². The second kappa shape index (κ2) is 6.73. The Balaban J connectivity index is 3.31. The fourth-order valence-electron chi connectivity index (χ4n) is 1.85. The monoisotopic (exact) mass is 258 g/mol. The predicted molar refractivity (Wildman–Crippen MR) is 83.1 cm³/mol. The second-order valence-corrected chi connectivity index (χ2v) is 4.57. The Morgan fingerprint density at radius 2 is 2.05 bits per heavy atom. The summed E-state index contributed by atoms with van der Waals surface area (Å²) >= 11 is 0. The van der Waals surface area contributed by atoms with Gasteiger partial charge >= 0.3 is 0 Å². The maximum Gasteiger partial charge on any atom is 0.0672 e. The first-order chi connectivity index (χ1) is 9.04. The van der Waals surface area contributed by atoms with Crippen molar-refractivity contribution in [3.8, 4) is 0 Å². The minimum Gasteiger partial charge on any atom is -0.404 e. The molecule has 1 rings (SSSR count). The van der Waals surface area contributed by atoms with Gasteiger partial charge in [0.2, 0.25) is 0 Å². The average molecular weight is 258 g/mol. The highest BCUT2D eigenvalue weighted by atomic mass is 14.7. The molecule has 0 spiro atoms. The van der Waals surface area contributed by atoms with Crippen molar-refractivity contribution in [3.05, 3.63) is 47.0 Å². The molecule has 102 valence electrons. The molecule has 4 nitrogen and oxygen atoms in total. The van der Waals surface area contributed by atoms with E-state index in [9.17, 15) is 0 Å². The zero-order chi connectivity index (χ0) is 14.4. The predicted octanol–water partition coefficient (Wildman–Crippen LogP) is 2.31. The van der Waals surface area contributed by atoms with Gasteiger partial charge in [-0.15, -0.1) is 0 Å². The third-order valence-corrected chi connectivity index (χ3v) is 3.29. The molecule has 0 aromatic rings. The molecule has 0 saturated carbocycles. The lowest BCUT2D eigenvalue weighted by atomic mass is 9.89. The summed E-state index contributed by atoms with van der Waals surface area (Å²) in [6, 6.07) is 0. The SMILES string of the molecule is CN=C/C(=C\N)C1=CN=C(/C(C)=C\N)C=C(C)C1C. The van der Waals surface area contributed by atoms with E-state index in [1.54, 1.807) is 25.7 Å². The Morgan fingerprint density at radius 3 is 2.58 bits per heavy atom. The summed E-state index contributed by atoms with van der Waals surface area (Å²) in [4.78, 5) is 8.53. The van der Waals surface area contributed by atoms with Crippen LogP contribution in [0.3, 0.4) is 0 Å². The van der Waals surface area contributed by atoms with Crippen molar-refractivity contribution in [2.75, 3.05) is 7.05 Å². The summed E-state index contributed by atoms with van der Waals surface area (Å²) in [5.74, 6) is 0.236. The van der Waals surface area contributed by atoms with Gasteiger partial charge in [-0.1, -0.05) is 12.5 Å². The summed E-state index contributed by atoms with van der Waals surface area (Å²) in [6.45, 7) is 6.16. The van der Waals surface area contributed by atoms with Crippen LogP contribution < -0.4 is 11.5 Å². The third-order valence-electron chi connectivity index (χ3n) is 3.29. The third kappa shape index (κ3) is 3.44. The number of nitrogens with two attached hydrogens (primary N) is 2. The highest BCUT2D eigenvalue weighted by molar-refractivity contribution is 6.09. The van der Waals surface area contributed by atoms with Crippen molar-refractivity contribution < 1.29 is 0 Å². The number of allylic oxidation sites excluding steroid dienone is 5. The van der Waals surface area contributed by atoms with E-state index in [-0.39, 0.29) is 5.92 Å². The molecule has 1 unspecified atom stereocenters. The molecule has 0 amide bonds. The van der Waals surface area contributed by atoms with E-state index < -0.39 is 0 Å². The molecule has 0 fully saturated rings. The summed E-state index contributed by atoms with van der Waals surface area (Å²) < 4.78 is 0. The highest BCUT2D eigenvalue weighted by Gasteiger charge is 2.17. The van der Waals surface area contributed by atoms with Gasteiger partial charge in [0, 0.05) is 37.2 Å². The van der Waals surface area contributed by atoms with E-state index in [1.807, 2.05) is 13.1 Å². The van der Waals surface area contributed by atoms with Crippen molar-refractivity contribution >= 4 is 11.9 Å². The second-order valence-electron chi connectivity index (χ2n) is 4.57. The van der Waals surface area contributed by atoms with Crippen molar-refractivity contribution in [3.63, 3.8) is 0 Å². The van der Waals surface area contributed by atoms with Gasteiger partial charge in [-0.3, -0.25) is 9.98 Å². The summed E-state index contributed by atoms with van der Waals surface area (Å²) in [5.41, 5.74) is 16.2. The fourth-order valence-corrected chi connectivity index (χ4v) is 1.85. The average Bonchev–Trinajstić information content (AvgIpc) is 2.56. The molecule has 0 saturated heterocycles. The molecule has 1 aliphatic heterocycles. The lowest BCUT2D eigenvalue weighted by Gasteiger charge is -2.15. The van der Waals surface area contributed by atoms with Crippen LogP contribution in [0, 0.1) is 5.92 Å². The molecule has 1 atom stereocenters. The van der Waals surface area contributed by atoms with Crippen LogP contribution in [0.4, 0.5) is 0 Å². The van der Waals surface area contributed by atoms with Crippen LogP contribution in [0.2, 0.25) is 0 Å². The molecule has 0 aromatic carbocycles. The van der Waals surface area contributed by atoms with Crippen LogP contribution >= 0.6 is 0 Å². The Bertz CT molecular complexity index is 516. The Hall–Kier alpha value is -2.10. The standard InChI is InChI=1S/C15H22N4/c1-10-5-15(11(2)6-16)19-9-14(12(10)3)13(7-17)8-18-4/h5-9,12H,16-17H2,1-4H3/b11-6-,13-7+,18-8?. The van der Waals surface area contributed by atoms with Gasteiger partial charge in [-0.05, 0) is 37.3 Å². The van der Waals surface area contributed by atoms with Gasteiger partial charge in [0.25, 0.3) is 0 Å². The minimum atomic E-state index is 0.236. The van der Waals surface area contributed by atoms with Gasteiger partial charge in [0.1, 0.15) is 0 Å². The number of hydrogen-bond acceptors (Lipinski definition) is 4. The van der Waals surface area contributed by atoms with Gasteiger partial charge in [0.15, 0.2) is 0 Å². The van der Waals surface area contributed by atoms with Crippen molar-refractivity contribution in [2.45, 2.75) is 20.8 Å². The largest absolute Gasteiger partial charge is 0.404 e. The van der Waals surface area contributed by atoms with Gasteiger partial charge < -0.3 is 11.5 Å². The Kier molecular flexibility index (Phi) is 5.30. The van der Waals surface area contributed by atoms with Crippen LogP contribution in [0.15, 0.2) is 57.0 Å². The van der Waals surface area contributed by atoms with Crippen LogP contribution in [0.5, 0.6) is 0 Å². The van der Waals surface area contributed by atoms with E-state index in [0.717, 1.165) is 22.4 Å². The molecule has 0 bridgehead atoms. The molecule has 1 heterocycles. The summed E-state index contributed by atoms with van der Waals surface area (Å²) in [7, 11) is 1.73. The topological polar surface area (TPSA) is 76.8 Å². The number of hydrogen-bond donors (Lipinski definition) is 2. The molecule has 4 N–H and O–H groups in total. The van der Waals surface area contributed by atoms with E-state index in [0.29, 0.717) is 0 Å². The lowest BCUT2D eigenvalue weighted by molar-refractivity contribution is 0.818. The summed E-state index contributed by atoms with van der Waals surface area (Å²) in [6.07, 6.45) is 8.79. The Labute approximate surface area is 115 Å². The molecular weight excluding hydrogens is 236 g/mol. The van der Waals surface area contributed by atoms with Crippen LogP contribution in [-0.4, -0.2) is 19.0 Å². The lowest BCUT2D eigenvalue weighted by Crippen LogP contribution is -2.06. The van der Waals surface area contributed by atoms with Crippen molar-refractivity contribution in [1.29, 1.82) is 0 Å². The molecule has 0 radical (unpaired) electrons. The van der Waals surface area contributed by atoms with E-state index in [2.05, 4.69) is 29.9 Å². The minimum absolute atomic E-state index is 0.236. The van der Waals surface area contributed by atoms with Gasteiger partial charge in [-0.25, -0.2) is 0 Å². The maximum atomic E-state index is 5.68. The fraction of sp³-hybridized carbons (Fsp3) is 0.333. The maximum absolute atomic E-state index is 5.68. The van der Waals surface area contributed by atoms with E-state index in [1.165, 1.54) is 5.57 Å².